The molecule has 96 valence electrons. The minimum absolute atomic E-state index is 0.0905. The fourth-order valence-electron chi connectivity index (χ4n) is 2.12. The van der Waals surface area contributed by atoms with Crippen LogP contribution in [0.2, 0.25) is 0 Å². The third kappa shape index (κ3) is 2.76. The van der Waals surface area contributed by atoms with Crippen molar-refractivity contribution < 1.29 is 9.21 Å². The van der Waals surface area contributed by atoms with Crippen LogP contribution in [0.25, 0.3) is 11.0 Å². The molecule has 19 heavy (non-hydrogen) atoms. The Morgan fingerprint density at radius 1 is 1.16 bits per heavy atom. The highest BCUT2D eigenvalue weighted by Gasteiger charge is 2.11. The molecule has 0 atom stereocenters. The second-order valence-electron chi connectivity index (χ2n) is 4.50. The molecule has 0 radical (unpaired) electrons. The smallest absolute Gasteiger partial charge is 0.198 e. The average molecular weight is 270 g/mol. The maximum atomic E-state index is 12.1. The van der Waals surface area contributed by atoms with Gasteiger partial charge in [-0.15, -0.1) is 11.3 Å². The first-order valence-corrected chi connectivity index (χ1v) is 7.25. The van der Waals surface area contributed by atoms with Gasteiger partial charge in [0.15, 0.2) is 11.5 Å². The monoisotopic (exact) mass is 270 g/mol. The Hall–Kier alpha value is -1.87. The molecule has 0 aliphatic heterocycles. The third-order valence-electron chi connectivity index (χ3n) is 3.11. The number of para-hydroxylation sites is 1. The lowest BCUT2D eigenvalue weighted by atomic mass is 10.1. The third-order valence-corrected chi connectivity index (χ3v) is 4.04. The van der Waals surface area contributed by atoms with Crippen molar-refractivity contribution in [2.75, 3.05) is 0 Å². The van der Waals surface area contributed by atoms with Crippen LogP contribution in [0.4, 0.5) is 0 Å². The number of Topliss-reactive ketones (excluding diaryl/α,β-unsaturated/α-hetero) is 1. The minimum Gasteiger partial charge on any atom is -0.453 e. The van der Waals surface area contributed by atoms with E-state index in [4.69, 9.17) is 4.42 Å². The number of ketones is 1. The van der Waals surface area contributed by atoms with Crippen LogP contribution in [0.3, 0.4) is 0 Å². The van der Waals surface area contributed by atoms with Crippen LogP contribution in [0.15, 0.2) is 52.3 Å². The molecule has 3 heteroatoms. The van der Waals surface area contributed by atoms with Crippen molar-refractivity contribution in [2.45, 2.75) is 19.3 Å². The molecule has 0 aliphatic carbocycles. The highest BCUT2D eigenvalue weighted by Crippen LogP contribution is 2.21. The van der Waals surface area contributed by atoms with Crippen molar-refractivity contribution >= 4 is 28.1 Å². The Kier molecular flexibility index (Phi) is 3.47. The molecule has 0 aliphatic rings. The highest BCUT2D eigenvalue weighted by atomic mass is 32.1. The zero-order valence-electron chi connectivity index (χ0n) is 10.5. The van der Waals surface area contributed by atoms with E-state index in [1.165, 1.54) is 4.88 Å². The molecular weight excluding hydrogens is 256 g/mol. The van der Waals surface area contributed by atoms with Gasteiger partial charge in [-0.2, -0.15) is 0 Å². The number of thiophene rings is 1. The van der Waals surface area contributed by atoms with Crippen molar-refractivity contribution in [3.05, 3.63) is 58.5 Å². The lowest BCUT2D eigenvalue weighted by Crippen LogP contribution is -1.97. The Balaban J connectivity index is 1.63. The summed E-state index contributed by atoms with van der Waals surface area (Å²) in [6, 6.07) is 13.7. The first-order chi connectivity index (χ1) is 9.33. The van der Waals surface area contributed by atoms with Crippen LogP contribution in [-0.4, -0.2) is 5.78 Å². The molecule has 0 bridgehead atoms. The predicted octanol–water partition coefficient (Wildman–Crippen LogP) is 4.70. The van der Waals surface area contributed by atoms with Gasteiger partial charge in [-0.25, -0.2) is 0 Å². The van der Waals surface area contributed by atoms with Gasteiger partial charge in [0.25, 0.3) is 0 Å². The number of hydrogen-bond donors (Lipinski definition) is 0. The highest BCUT2D eigenvalue weighted by molar-refractivity contribution is 7.09. The van der Waals surface area contributed by atoms with Crippen LogP contribution < -0.4 is 0 Å². The van der Waals surface area contributed by atoms with Crippen LogP contribution >= 0.6 is 11.3 Å². The topological polar surface area (TPSA) is 30.2 Å². The lowest BCUT2D eigenvalue weighted by Gasteiger charge is -1.96. The van der Waals surface area contributed by atoms with Gasteiger partial charge in [-0.05, 0) is 36.4 Å². The van der Waals surface area contributed by atoms with Gasteiger partial charge in [0.2, 0.25) is 0 Å². The van der Waals surface area contributed by atoms with E-state index >= 15 is 0 Å². The standard InChI is InChI=1S/C16H14O2S/c17-14(8-3-6-13-7-4-10-19-13)16-11-12-5-1-2-9-15(12)18-16/h1-2,4-5,7,9-11H,3,6,8H2. The summed E-state index contributed by atoms with van der Waals surface area (Å²) in [6.07, 6.45) is 2.37. The fraction of sp³-hybridized carbons (Fsp3) is 0.188. The zero-order valence-corrected chi connectivity index (χ0v) is 11.3. The maximum absolute atomic E-state index is 12.1. The fourth-order valence-corrected chi connectivity index (χ4v) is 2.87. The molecule has 0 saturated heterocycles. The molecule has 3 rings (SSSR count). The van der Waals surface area contributed by atoms with Crippen molar-refractivity contribution in [1.29, 1.82) is 0 Å². The number of carbonyl (C=O) groups excluding carboxylic acids is 1. The summed E-state index contributed by atoms with van der Waals surface area (Å²) in [5, 5.41) is 3.06. The second-order valence-corrected chi connectivity index (χ2v) is 5.54. The molecule has 2 nitrogen and oxygen atoms in total. The van der Waals surface area contributed by atoms with Crippen molar-refractivity contribution in [1.82, 2.24) is 0 Å². The molecule has 0 N–H and O–H groups in total. The first kappa shape index (κ1) is 12.2. The van der Waals surface area contributed by atoms with Crippen LogP contribution in [0, 0.1) is 0 Å². The number of fused-ring (bicyclic) bond motifs is 1. The minimum atomic E-state index is 0.0905. The van der Waals surface area contributed by atoms with Gasteiger partial charge in [0.1, 0.15) is 5.58 Å². The van der Waals surface area contributed by atoms with Gasteiger partial charge < -0.3 is 4.42 Å². The molecule has 3 aromatic rings. The van der Waals surface area contributed by atoms with Crippen LogP contribution in [0.5, 0.6) is 0 Å². The largest absolute Gasteiger partial charge is 0.453 e. The number of benzene rings is 1. The molecule has 0 spiro atoms. The molecule has 1 aromatic carbocycles. The number of rotatable bonds is 5. The quantitative estimate of drug-likeness (QED) is 0.629. The Labute approximate surface area is 115 Å². The van der Waals surface area contributed by atoms with E-state index in [0.29, 0.717) is 12.2 Å². The molecule has 0 amide bonds. The molecule has 0 fully saturated rings. The Morgan fingerprint density at radius 2 is 2.05 bits per heavy atom. The Bertz CT molecular complexity index is 647. The van der Waals surface area contributed by atoms with Crippen molar-refractivity contribution in [3.8, 4) is 0 Å². The second kappa shape index (κ2) is 5.41. The SMILES string of the molecule is O=C(CCCc1cccs1)c1cc2ccccc2o1. The molecular formula is C16H14O2S. The van der Waals surface area contributed by atoms with Crippen LogP contribution in [-0.2, 0) is 6.42 Å². The zero-order chi connectivity index (χ0) is 13.1. The molecule has 0 saturated carbocycles. The summed E-state index contributed by atoms with van der Waals surface area (Å²) in [4.78, 5) is 13.4. The summed E-state index contributed by atoms with van der Waals surface area (Å²) >= 11 is 1.74. The molecule has 0 unspecified atom stereocenters. The van der Waals surface area contributed by atoms with E-state index in [0.717, 1.165) is 23.8 Å². The summed E-state index contributed by atoms with van der Waals surface area (Å²) in [5.74, 6) is 0.570. The summed E-state index contributed by atoms with van der Waals surface area (Å²) in [7, 11) is 0. The average Bonchev–Trinajstić information content (AvgIpc) is 3.07. The first-order valence-electron chi connectivity index (χ1n) is 6.37. The molecule has 2 aromatic heterocycles. The van der Waals surface area contributed by atoms with Gasteiger partial charge in [-0.3, -0.25) is 4.79 Å². The summed E-state index contributed by atoms with van der Waals surface area (Å²) < 4.78 is 5.57. The lowest BCUT2D eigenvalue weighted by molar-refractivity contribution is 0.0955. The van der Waals surface area contributed by atoms with E-state index in [-0.39, 0.29) is 5.78 Å². The van der Waals surface area contributed by atoms with Gasteiger partial charge in [-0.1, -0.05) is 24.3 Å². The number of hydrogen-bond acceptors (Lipinski definition) is 3. The van der Waals surface area contributed by atoms with E-state index in [9.17, 15) is 4.79 Å². The molecule has 2 heterocycles. The van der Waals surface area contributed by atoms with E-state index in [1.807, 2.05) is 36.4 Å². The van der Waals surface area contributed by atoms with Gasteiger partial charge in [0.05, 0.1) is 0 Å². The normalized spacial score (nSPS) is 10.9. The maximum Gasteiger partial charge on any atom is 0.198 e. The van der Waals surface area contributed by atoms with E-state index in [2.05, 4.69) is 11.4 Å². The number of carbonyl (C=O) groups is 1. The van der Waals surface area contributed by atoms with Gasteiger partial charge >= 0.3 is 0 Å². The Morgan fingerprint density at radius 3 is 2.84 bits per heavy atom. The summed E-state index contributed by atoms with van der Waals surface area (Å²) in [6.45, 7) is 0. The van der Waals surface area contributed by atoms with Gasteiger partial charge in [0, 0.05) is 16.7 Å². The number of furan rings is 1. The predicted molar refractivity (Wildman–Crippen MR) is 77.8 cm³/mol. The van der Waals surface area contributed by atoms with E-state index in [1.54, 1.807) is 11.3 Å². The van der Waals surface area contributed by atoms with E-state index < -0.39 is 0 Å². The van der Waals surface area contributed by atoms with Crippen LogP contribution in [0.1, 0.15) is 28.3 Å². The van der Waals surface area contributed by atoms with Crippen molar-refractivity contribution in [3.63, 3.8) is 0 Å². The van der Waals surface area contributed by atoms with Crippen molar-refractivity contribution in [2.24, 2.45) is 0 Å². The number of aryl methyl sites for hydroxylation is 1. The summed E-state index contributed by atoms with van der Waals surface area (Å²) in [5.41, 5.74) is 0.782.